The summed E-state index contributed by atoms with van der Waals surface area (Å²) in [5, 5.41) is 20.8. The third kappa shape index (κ3) is 19.1. The molecule has 13 nitrogen and oxygen atoms in total. The van der Waals surface area contributed by atoms with E-state index >= 15 is 0 Å². The normalized spacial score (nSPS) is 10.3. The number of nitrogens with zero attached hydrogens (tertiary/aromatic N) is 3. The number of carboxylic acids is 1. The smallest absolute Gasteiger partial charge is 0.328 e. The maximum atomic E-state index is 12.7. The van der Waals surface area contributed by atoms with Crippen LogP contribution in [0.15, 0.2) is 85.2 Å². The highest BCUT2D eigenvalue weighted by Crippen LogP contribution is 2.32. The molecule has 0 atom stereocenters. The number of ketones is 2. The number of thiophene rings is 2. The van der Waals surface area contributed by atoms with Gasteiger partial charge in [-0.15, -0.1) is 35.1 Å². The van der Waals surface area contributed by atoms with E-state index in [1.165, 1.54) is 47.1 Å². The van der Waals surface area contributed by atoms with E-state index in [4.69, 9.17) is 5.11 Å². The van der Waals surface area contributed by atoms with Crippen LogP contribution in [0, 0.1) is 13.8 Å². The number of nitrogens with one attached hydrogen (secondary N) is 3. The Labute approximate surface area is 414 Å². The van der Waals surface area contributed by atoms with Gasteiger partial charge in [0.15, 0.2) is 0 Å². The molecule has 0 unspecified atom stereocenters. The van der Waals surface area contributed by atoms with Crippen molar-refractivity contribution in [3.8, 4) is 0 Å². The molecule has 0 bridgehead atoms. The molecule has 4 heterocycles. The first-order chi connectivity index (χ1) is 30.2. The molecular formula is C51H75ClN8O5S2. The maximum Gasteiger partial charge on any atom is 0.328 e. The monoisotopic (exact) mass is 978 g/mol. The Hall–Kier alpha value is -5.81. The fourth-order valence-electron chi connectivity index (χ4n) is 6.50. The third-order valence-electron chi connectivity index (χ3n) is 10.1. The second kappa shape index (κ2) is 31.2. The lowest BCUT2D eigenvalue weighted by molar-refractivity contribution is -0.131. The van der Waals surface area contributed by atoms with Gasteiger partial charge in [0.2, 0.25) is 5.91 Å². The number of aryl methyl sites for hydroxylation is 4. The van der Waals surface area contributed by atoms with Gasteiger partial charge in [0.25, 0.3) is 0 Å². The number of carbonyl (C=O) groups is 4. The van der Waals surface area contributed by atoms with E-state index in [9.17, 15) is 19.2 Å². The zero-order valence-electron chi connectivity index (χ0n) is 39.5. The van der Waals surface area contributed by atoms with Crippen LogP contribution in [0.5, 0.6) is 0 Å². The van der Waals surface area contributed by atoms with Crippen molar-refractivity contribution in [2.24, 2.45) is 0 Å². The predicted molar refractivity (Wildman–Crippen MR) is 291 cm³/mol. The molecule has 0 fully saturated rings. The summed E-state index contributed by atoms with van der Waals surface area (Å²) in [6.07, 6.45) is 11.9. The average Bonchev–Trinajstić information content (AvgIpc) is 3.76. The molecule has 0 spiro atoms. The average molecular weight is 980 g/mol. The predicted octanol–water partition coefficient (Wildman–Crippen LogP) is 12.2. The summed E-state index contributed by atoms with van der Waals surface area (Å²) in [6.45, 7) is 14.2. The van der Waals surface area contributed by atoms with E-state index in [2.05, 4.69) is 83.1 Å². The van der Waals surface area contributed by atoms with E-state index in [0.29, 0.717) is 32.5 Å². The Bertz CT molecular complexity index is 2580. The van der Waals surface area contributed by atoms with E-state index in [1.54, 1.807) is 48.6 Å². The lowest BCUT2D eigenvalue weighted by atomic mass is 10.1. The van der Waals surface area contributed by atoms with Crippen LogP contribution in [0.3, 0.4) is 0 Å². The zero-order valence-corrected chi connectivity index (χ0v) is 41.9. The van der Waals surface area contributed by atoms with Gasteiger partial charge in [-0.05, 0) is 128 Å². The van der Waals surface area contributed by atoms with E-state index in [0.717, 1.165) is 59.4 Å². The highest BCUT2D eigenvalue weighted by Gasteiger charge is 2.13. The van der Waals surface area contributed by atoms with E-state index in [1.807, 2.05) is 62.7 Å². The number of fused-ring (bicyclic) bond motifs is 2. The fraction of sp³-hybridized carbons (Fsp3) is 0.333. The fourth-order valence-corrected chi connectivity index (χ4v) is 8.98. The van der Waals surface area contributed by atoms with Crippen LogP contribution in [0.4, 0.5) is 11.6 Å². The standard InChI is InChI=1S/C25H29N3O2S.C14H18N2O3.C11H13NS.CH4.ClH.2H3N.2H2/c1-5-20-14-19(15-27-25(20)26-13-12-17(2)29)10-11-24(30)28(4)16-23-18(3)21-8-6-7-9-22(21)31-23;1-3-12-8-11(4-5-13(18)19)9-16-14(12)15-7-6-10(2)17;1-8-9-5-3-4-6-10(9)13-11(8)7-12-2;;;;;;/h6-11,14-15H,5,12-13,16H2,1-4H3,(H,26,27);4-5,8-9H,3,6-7H2,1-2H3,(H,15,16)(H,18,19);3-6,12H,7H2,1-2H3;1H4;1H;2*1H3;2*1H/b11-10+;5-4+;;;;;;;. The summed E-state index contributed by atoms with van der Waals surface area (Å²) in [5.74, 6) is 0.797. The topological polar surface area (TPSA) is 224 Å². The largest absolute Gasteiger partial charge is 0.478 e. The number of carboxylic acid groups (broad SMARTS) is 1. The lowest BCUT2D eigenvalue weighted by Crippen LogP contribution is -2.23. The van der Waals surface area contributed by atoms with E-state index < -0.39 is 5.97 Å². The summed E-state index contributed by atoms with van der Waals surface area (Å²) in [6, 6.07) is 20.8. The molecule has 0 radical (unpaired) electrons. The van der Waals surface area contributed by atoms with Gasteiger partial charge in [-0.25, -0.2) is 14.8 Å². The summed E-state index contributed by atoms with van der Waals surface area (Å²) < 4.78 is 2.65. The molecule has 0 aliphatic rings. The summed E-state index contributed by atoms with van der Waals surface area (Å²) in [5.41, 5.74) is 6.36. The van der Waals surface area contributed by atoms with Crippen molar-refractivity contribution in [3.63, 3.8) is 0 Å². The first-order valence-corrected chi connectivity index (χ1v) is 22.7. The van der Waals surface area contributed by atoms with Gasteiger partial charge >= 0.3 is 5.97 Å². The van der Waals surface area contributed by atoms with Crippen molar-refractivity contribution in [2.45, 2.75) is 87.7 Å². The molecule has 6 aromatic rings. The van der Waals surface area contributed by atoms with Crippen molar-refractivity contribution >= 4 is 102 Å². The van der Waals surface area contributed by atoms with Gasteiger partial charge in [-0.2, -0.15) is 0 Å². The minimum absolute atomic E-state index is 0. The molecule has 0 saturated heterocycles. The molecule has 1 amide bonds. The molecule has 0 saturated carbocycles. The Morgan fingerprint density at radius 1 is 0.731 bits per heavy atom. The van der Waals surface area contributed by atoms with Crippen LogP contribution in [-0.2, 0) is 45.1 Å². The number of aromatic nitrogens is 2. The van der Waals surface area contributed by atoms with Gasteiger partial charge in [0.1, 0.15) is 23.2 Å². The van der Waals surface area contributed by atoms with Gasteiger partial charge in [-0.3, -0.25) is 14.4 Å². The van der Waals surface area contributed by atoms with Crippen molar-refractivity contribution in [2.75, 3.05) is 37.8 Å². The first kappa shape index (κ1) is 61.2. The minimum Gasteiger partial charge on any atom is -0.478 e. The van der Waals surface area contributed by atoms with Crippen molar-refractivity contribution in [1.82, 2.24) is 32.5 Å². The number of halogens is 1. The maximum absolute atomic E-state index is 12.7. The molecule has 2 aromatic carbocycles. The Balaban J connectivity index is -0.000000989. The van der Waals surface area contributed by atoms with Gasteiger partial charge < -0.3 is 38.3 Å². The molecule has 6 rings (SSSR count). The number of hydrogen-bond acceptors (Lipinski definition) is 13. The van der Waals surface area contributed by atoms with Gasteiger partial charge in [-0.1, -0.05) is 57.7 Å². The molecule has 4 aromatic heterocycles. The quantitative estimate of drug-likeness (QED) is 0.0443. The van der Waals surface area contributed by atoms with Crippen LogP contribution < -0.4 is 28.3 Å². The zero-order chi connectivity index (χ0) is 45.9. The number of amides is 1. The van der Waals surface area contributed by atoms with Crippen LogP contribution in [0.2, 0.25) is 0 Å². The number of likely N-dealkylation sites (N-methyl/N-ethyl adjacent to an activating group) is 1. The van der Waals surface area contributed by atoms with Gasteiger partial charge in [0.05, 0.1) is 6.54 Å². The SMILES string of the molecule is C.CCc1cc(/C=C/C(=O)N(C)Cc2sc3ccccc3c2C)cnc1NCCC(C)=O.CCc1cc(/C=C/C(=O)O)cnc1NCCC(C)=O.CNCc1sc2ccccc2c1C.Cl.N.N.[HH].[HH]. The van der Waals surface area contributed by atoms with Crippen LogP contribution in [0.1, 0.15) is 94.0 Å². The van der Waals surface area contributed by atoms with Crippen molar-refractivity contribution in [3.05, 3.63) is 128 Å². The number of pyridine rings is 2. The van der Waals surface area contributed by atoms with Crippen LogP contribution >= 0.6 is 35.1 Å². The van der Waals surface area contributed by atoms with Gasteiger partial charge in [0, 0.05) is 86.1 Å². The number of benzene rings is 2. The molecule has 67 heavy (non-hydrogen) atoms. The number of anilines is 2. The number of rotatable bonds is 18. The van der Waals surface area contributed by atoms with Crippen LogP contribution in [0.25, 0.3) is 32.3 Å². The molecule has 10 N–H and O–H groups in total. The highest BCUT2D eigenvalue weighted by atomic mass is 35.5. The number of aliphatic carboxylic acids is 1. The molecule has 16 heteroatoms. The Kier molecular flexibility index (Phi) is 28.5. The summed E-state index contributed by atoms with van der Waals surface area (Å²) in [4.78, 5) is 58.2. The summed E-state index contributed by atoms with van der Waals surface area (Å²) in [7, 11) is 3.82. The van der Waals surface area contributed by atoms with E-state index in [-0.39, 0.29) is 52.5 Å². The number of hydrogen-bond donors (Lipinski definition) is 6. The molecule has 0 aliphatic heterocycles. The number of carbonyl (C=O) groups excluding carboxylic acids is 3. The molecule has 0 aliphatic carbocycles. The highest BCUT2D eigenvalue weighted by molar-refractivity contribution is 7.19. The minimum atomic E-state index is -0.985. The van der Waals surface area contributed by atoms with Crippen LogP contribution in [-0.4, -0.2) is 70.6 Å². The second-order valence-electron chi connectivity index (χ2n) is 15.0. The lowest BCUT2D eigenvalue weighted by Gasteiger charge is -2.14. The number of Topliss-reactive ketones (excluding diaryl/α,β-unsaturated/α-hetero) is 2. The molecule has 368 valence electrons. The second-order valence-corrected chi connectivity index (χ2v) is 17.3. The third-order valence-corrected chi connectivity index (χ3v) is 12.6. The Morgan fingerprint density at radius 3 is 1.58 bits per heavy atom. The molecular weight excluding hydrogens is 904 g/mol. The Morgan fingerprint density at radius 2 is 1.16 bits per heavy atom. The summed E-state index contributed by atoms with van der Waals surface area (Å²) >= 11 is 3.63. The van der Waals surface area contributed by atoms with Crippen molar-refractivity contribution in [1.29, 1.82) is 0 Å². The first-order valence-electron chi connectivity index (χ1n) is 21.1. The van der Waals surface area contributed by atoms with Crippen molar-refractivity contribution < 1.29 is 27.1 Å².